The lowest BCUT2D eigenvalue weighted by atomic mass is 10.0. The van der Waals surface area contributed by atoms with E-state index in [4.69, 9.17) is 0 Å². The van der Waals surface area contributed by atoms with Gasteiger partial charge in [-0.05, 0) is 17.6 Å². The molecule has 0 rings (SSSR count). The summed E-state index contributed by atoms with van der Waals surface area (Å²) < 4.78 is 0. The molecule has 0 saturated carbocycles. The van der Waals surface area contributed by atoms with Crippen molar-refractivity contribution in [2.45, 2.75) is 39.4 Å². The van der Waals surface area contributed by atoms with E-state index in [1.54, 1.807) is 0 Å². The van der Waals surface area contributed by atoms with E-state index in [2.05, 4.69) is 55.4 Å². The van der Waals surface area contributed by atoms with Crippen LogP contribution in [0.5, 0.6) is 0 Å². The van der Waals surface area contributed by atoms with Gasteiger partial charge < -0.3 is 0 Å². The van der Waals surface area contributed by atoms with Gasteiger partial charge in [0.1, 0.15) is 0 Å². The van der Waals surface area contributed by atoms with Crippen molar-refractivity contribution < 1.29 is 0 Å². The summed E-state index contributed by atoms with van der Waals surface area (Å²) in [5, 5.41) is 1.91. The van der Waals surface area contributed by atoms with Crippen LogP contribution in [0, 0.1) is 5.41 Å². The third-order valence-corrected chi connectivity index (χ3v) is 5.06. The average molecular weight is 239 g/mol. The third-order valence-electron chi connectivity index (χ3n) is 1.70. The van der Waals surface area contributed by atoms with Gasteiger partial charge in [0.15, 0.2) is 0 Å². The molecular weight excluding hydrogens is 220 g/mol. The molecule has 0 nitrogen and oxygen atoms in total. The number of rotatable bonds is 5. The zero-order valence-electron chi connectivity index (χ0n) is 7.98. The molecule has 0 fully saturated rings. The second kappa shape index (κ2) is 5.47. The van der Waals surface area contributed by atoms with Crippen LogP contribution in [0.2, 0.25) is 0 Å². The Labute approximate surface area is 83.6 Å². The van der Waals surface area contributed by atoms with Crippen molar-refractivity contribution in [2.75, 3.05) is 11.1 Å². The van der Waals surface area contributed by atoms with E-state index >= 15 is 0 Å². The maximum Gasteiger partial charge on any atom is 0.00905 e. The van der Waals surface area contributed by atoms with E-state index in [9.17, 15) is 0 Å². The maximum atomic E-state index is 3.53. The van der Waals surface area contributed by atoms with Crippen LogP contribution in [0.15, 0.2) is 0 Å². The van der Waals surface area contributed by atoms with Crippen molar-refractivity contribution in [3.63, 3.8) is 0 Å². The minimum Gasteiger partial charge on any atom is -0.158 e. The molecule has 0 spiro atoms. The first-order chi connectivity index (χ1) is 5.02. The van der Waals surface area contributed by atoms with Crippen LogP contribution in [0.3, 0.4) is 0 Å². The van der Waals surface area contributed by atoms with E-state index in [1.807, 2.05) is 0 Å². The van der Waals surface area contributed by atoms with Crippen LogP contribution >= 0.6 is 27.7 Å². The fraction of sp³-hybridized carbons (Fsp3) is 1.00. The van der Waals surface area contributed by atoms with Crippen molar-refractivity contribution in [1.29, 1.82) is 0 Å². The Kier molecular flexibility index (Phi) is 5.88. The number of thioether (sulfide) groups is 1. The van der Waals surface area contributed by atoms with Gasteiger partial charge in [-0.25, -0.2) is 0 Å². The highest BCUT2D eigenvalue weighted by Gasteiger charge is 2.16. The zero-order valence-corrected chi connectivity index (χ0v) is 10.4. The van der Waals surface area contributed by atoms with Crippen molar-refractivity contribution in [2.24, 2.45) is 5.41 Å². The molecule has 0 aromatic rings. The number of alkyl halides is 1. The highest BCUT2D eigenvalue weighted by atomic mass is 79.9. The van der Waals surface area contributed by atoms with Crippen molar-refractivity contribution >= 4 is 27.7 Å². The van der Waals surface area contributed by atoms with Crippen molar-refractivity contribution in [1.82, 2.24) is 0 Å². The lowest BCUT2D eigenvalue weighted by Gasteiger charge is -2.22. The van der Waals surface area contributed by atoms with Crippen LogP contribution in [-0.2, 0) is 0 Å². The molecule has 1 atom stereocenters. The van der Waals surface area contributed by atoms with Gasteiger partial charge in [0.25, 0.3) is 0 Å². The summed E-state index contributed by atoms with van der Waals surface area (Å²) in [5.41, 5.74) is 0.452. The van der Waals surface area contributed by atoms with E-state index in [0.717, 1.165) is 10.6 Å². The standard InChI is InChI=1S/C9H19BrS/c1-5-8(2)11-7-9(3,4)6-10/h8H,5-7H2,1-4H3. The number of hydrogen-bond donors (Lipinski definition) is 0. The lowest BCUT2D eigenvalue weighted by molar-refractivity contribution is 0.495. The summed E-state index contributed by atoms with van der Waals surface area (Å²) >= 11 is 5.61. The largest absolute Gasteiger partial charge is 0.158 e. The molecule has 0 bridgehead atoms. The molecule has 0 saturated heterocycles. The van der Waals surface area contributed by atoms with Crippen LogP contribution < -0.4 is 0 Å². The first kappa shape index (κ1) is 11.8. The summed E-state index contributed by atoms with van der Waals surface area (Å²) in [4.78, 5) is 0. The third kappa shape index (κ3) is 6.03. The summed E-state index contributed by atoms with van der Waals surface area (Å²) in [6.07, 6.45) is 1.28. The van der Waals surface area contributed by atoms with Gasteiger partial charge >= 0.3 is 0 Å². The van der Waals surface area contributed by atoms with Gasteiger partial charge in [-0.2, -0.15) is 11.8 Å². The minimum absolute atomic E-state index is 0.452. The number of hydrogen-bond acceptors (Lipinski definition) is 1. The number of halogens is 1. The Morgan fingerprint density at radius 3 is 2.36 bits per heavy atom. The highest BCUT2D eigenvalue weighted by molar-refractivity contribution is 9.09. The Bertz CT molecular complexity index is 102. The highest BCUT2D eigenvalue weighted by Crippen LogP contribution is 2.27. The Morgan fingerprint density at radius 2 is 2.00 bits per heavy atom. The van der Waals surface area contributed by atoms with Crippen molar-refractivity contribution in [3.05, 3.63) is 0 Å². The quantitative estimate of drug-likeness (QED) is 0.655. The second-order valence-corrected chi connectivity index (χ2v) is 5.82. The molecule has 0 amide bonds. The predicted molar refractivity (Wildman–Crippen MR) is 59.8 cm³/mol. The van der Waals surface area contributed by atoms with Crippen molar-refractivity contribution in [3.8, 4) is 0 Å². The molecule has 0 aromatic carbocycles. The lowest BCUT2D eigenvalue weighted by Crippen LogP contribution is -2.17. The molecule has 11 heavy (non-hydrogen) atoms. The molecule has 0 heterocycles. The fourth-order valence-electron chi connectivity index (χ4n) is 0.524. The minimum atomic E-state index is 0.452. The van der Waals surface area contributed by atoms with Gasteiger partial charge in [0, 0.05) is 10.6 Å². The summed E-state index contributed by atoms with van der Waals surface area (Å²) in [6, 6.07) is 0. The summed E-state index contributed by atoms with van der Waals surface area (Å²) in [5.74, 6) is 1.26. The van der Waals surface area contributed by atoms with Gasteiger partial charge in [0.05, 0.1) is 0 Å². The molecule has 0 N–H and O–H groups in total. The monoisotopic (exact) mass is 238 g/mol. The fourth-order valence-corrected chi connectivity index (χ4v) is 2.06. The van der Waals surface area contributed by atoms with Gasteiger partial charge in [0.2, 0.25) is 0 Å². The SMILES string of the molecule is CCC(C)SCC(C)(C)CBr. The Morgan fingerprint density at radius 1 is 1.45 bits per heavy atom. The first-order valence-corrected chi connectivity index (χ1v) is 6.36. The Balaban J connectivity index is 3.52. The summed E-state index contributed by atoms with van der Waals surface area (Å²) in [6.45, 7) is 9.15. The van der Waals surface area contributed by atoms with E-state index in [0.29, 0.717) is 5.41 Å². The van der Waals surface area contributed by atoms with Crippen LogP contribution in [0.4, 0.5) is 0 Å². The zero-order chi connectivity index (χ0) is 8.91. The second-order valence-electron chi connectivity index (χ2n) is 3.83. The summed E-state index contributed by atoms with van der Waals surface area (Å²) in [7, 11) is 0. The smallest absolute Gasteiger partial charge is 0.00905 e. The van der Waals surface area contributed by atoms with Gasteiger partial charge in [-0.3, -0.25) is 0 Å². The normalized spacial score (nSPS) is 15.0. The Hall–Kier alpha value is 0.830. The topological polar surface area (TPSA) is 0 Å². The van der Waals surface area contributed by atoms with E-state index < -0.39 is 0 Å². The van der Waals surface area contributed by atoms with E-state index in [-0.39, 0.29) is 0 Å². The molecule has 0 aliphatic carbocycles. The maximum absolute atomic E-state index is 3.53. The average Bonchev–Trinajstić information content (AvgIpc) is 2.00. The van der Waals surface area contributed by atoms with E-state index in [1.165, 1.54) is 12.2 Å². The molecule has 68 valence electrons. The molecule has 1 unspecified atom stereocenters. The molecule has 2 heteroatoms. The first-order valence-electron chi connectivity index (χ1n) is 4.19. The van der Waals surface area contributed by atoms with Gasteiger partial charge in [-0.15, -0.1) is 0 Å². The van der Waals surface area contributed by atoms with Crippen LogP contribution in [0.25, 0.3) is 0 Å². The van der Waals surface area contributed by atoms with Crippen LogP contribution in [0.1, 0.15) is 34.1 Å². The molecule has 0 aliphatic rings. The van der Waals surface area contributed by atoms with Gasteiger partial charge in [-0.1, -0.05) is 43.6 Å². The molecular formula is C9H19BrS. The molecule has 0 aromatic heterocycles. The molecule has 0 radical (unpaired) electrons. The predicted octanol–water partition coefficient (Wildman–Crippen LogP) is 3.94. The molecule has 0 aliphatic heterocycles. The van der Waals surface area contributed by atoms with Crippen LogP contribution in [-0.4, -0.2) is 16.3 Å².